The highest BCUT2D eigenvalue weighted by atomic mass is 16.5. The van der Waals surface area contributed by atoms with Gasteiger partial charge in [-0.2, -0.15) is 0 Å². The fourth-order valence-electron chi connectivity index (χ4n) is 3.35. The number of hydrogen-bond donors (Lipinski definition) is 0. The van der Waals surface area contributed by atoms with Crippen molar-refractivity contribution >= 4 is 11.4 Å². The summed E-state index contributed by atoms with van der Waals surface area (Å²) < 4.78 is 10.9. The monoisotopic (exact) mass is 405 g/mol. The molecule has 0 amide bonds. The lowest BCUT2D eigenvalue weighted by molar-refractivity contribution is 0.159. The number of rotatable bonds is 10. The van der Waals surface area contributed by atoms with Crippen molar-refractivity contribution in [2.75, 3.05) is 45.8 Å². The maximum absolute atomic E-state index is 5.78. The van der Waals surface area contributed by atoms with Crippen LogP contribution in [-0.4, -0.2) is 50.8 Å². The lowest BCUT2D eigenvalue weighted by Gasteiger charge is -2.23. The molecule has 0 saturated carbocycles. The Morgan fingerprint density at radius 2 is 1.57 bits per heavy atom. The molecule has 0 N–H and O–H groups in total. The van der Waals surface area contributed by atoms with E-state index in [4.69, 9.17) is 9.47 Å². The molecule has 0 aliphatic carbocycles. The highest BCUT2D eigenvalue weighted by Crippen LogP contribution is 2.28. The fraction of sp³-hybridized carbons (Fsp3) is 0.320. The lowest BCUT2D eigenvalue weighted by atomic mass is 10.00. The molecule has 1 aromatic heterocycles. The van der Waals surface area contributed by atoms with Gasteiger partial charge in [-0.3, -0.25) is 0 Å². The SMILES string of the molecule is COCCN(C)CC(C)c1ccc(N(C)c2ccc(Oc3ccccn3)cc2)cc1. The third-order valence-corrected chi connectivity index (χ3v) is 5.20. The quantitative estimate of drug-likeness (QED) is 0.456. The summed E-state index contributed by atoms with van der Waals surface area (Å²) >= 11 is 0. The van der Waals surface area contributed by atoms with Crippen molar-refractivity contribution in [1.29, 1.82) is 0 Å². The maximum Gasteiger partial charge on any atom is 0.219 e. The standard InChI is InChI=1S/C25H31N3O2/c1-20(19-27(2)17-18-29-4)21-8-10-22(11-9-21)28(3)23-12-14-24(15-13-23)30-25-7-5-6-16-26-25/h5-16,20H,17-19H2,1-4H3. The first-order valence-electron chi connectivity index (χ1n) is 10.3. The van der Waals surface area contributed by atoms with Gasteiger partial charge < -0.3 is 19.3 Å². The predicted molar refractivity (Wildman–Crippen MR) is 123 cm³/mol. The van der Waals surface area contributed by atoms with Crippen molar-refractivity contribution in [3.05, 3.63) is 78.5 Å². The van der Waals surface area contributed by atoms with Crippen molar-refractivity contribution in [2.24, 2.45) is 0 Å². The summed E-state index contributed by atoms with van der Waals surface area (Å²) in [6.07, 6.45) is 1.72. The van der Waals surface area contributed by atoms with Crippen LogP contribution in [0.25, 0.3) is 0 Å². The van der Waals surface area contributed by atoms with Gasteiger partial charge in [0.25, 0.3) is 0 Å². The zero-order valence-electron chi connectivity index (χ0n) is 18.3. The van der Waals surface area contributed by atoms with E-state index in [1.807, 2.05) is 30.3 Å². The second-order valence-electron chi connectivity index (χ2n) is 7.57. The molecule has 0 aliphatic rings. The number of aromatic nitrogens is 1. The van der Waals surface area contributed by atoms with E-state index in [0.717, 1.165) is 36.8 Å². The molecular formula is C25H31N3O2. The topological polar surface area (TPSA) is 37.8 Å². The summed E-state index contributed by atoms with van der Waals surface area (Å²) in [5, 5.41) is 0. The summed E-state index contributed by atoms with van der Waals surface area (Å²) in [7, 11) is 5.96. The fourth-order valence-corrected chi connectivity index (χ4v) is 3.35. The zero-order chi connectivity index (χ0) is 21.3. The Hall–Kier alpha value is -2.89. The van der Waals surface area contributed by atoms with Crippen LogP contribution in [0.3, 0.4) is 0 Å². The molecule has 1 heterocycles. The van der Waals surface area contributed by atoms with E-state index in [2.05, 4.69) is 72.2 Å². The molecule has 2 aromatic carbocycles. The first kappa shape index (κ1) is 21.8. The molecule has 0 aliphatic heterocycles. The van der Waals surface area contributed by atoms with E-state index in [0.29, 0.717) is 11.8 Å². The summed E-state index contributed by atoms with van der Waals surface area (Å²) in [5.41, 5.74) is 3.59. The zero-order valence-corrected chi connectivity index (χ0v) is 18.3. The number of methoxy groups -OCH3 is 1. The summed E-state index contributed by atoms with van der Waals surface area (Å²) in [5.74, 6) is 1.83. The van der Waals surface area contributed by atoms with Crippen LogP contribution in [0.1, 0.15) is 18.4 Å². The van der Waals surface area contributed by atoms with Crippen molar-refractivity contribution in [3.8, 4) is 11.6 Å². The van der Waals surface area contributed by atoms with Gasteiger partial charge in [-0.05, 0) is 61.0 Å². The van der Waals surface area contributed by atoms with Crippen LogP contribution in [0, 0.1) is 0 Å². The number of anilines is 2. The number of hydrogen-bond acceptors (Lipinski definition) is 5. The molecule has 3 aromatic rings. The van der Waals surface area contributed by atoms with Gasteiger partial charge in [0.15, 0.2) is 0 Å². The number of pyridine rings is 1. The van der Waals surface area contributed by atoms with Gasteiger partial charge in [0.05, 0.1) is 6.61 Å². The van der Waals surface area contributed by atoms with Crippen molar-refractivity contribution in [3.63, 3.8) is 0 Å². The van der Waals surface area contributed by atoms with Crippen LogP contribution < -0.4 is 9.64 Å². The molecule has 0 bridgehead atoms. The van der Waals surface area contributed by atoms with Crippen LogP contribution in [0.4, 0.5) is 11.4 Å². The average Bonchev–Trinajstić information content (AvgIpc) is 2.78. The smallest absolute Gasteiger partial charge is 0.219 e. The van der Waals surface area contributed by atoms with E-state index in [9.17, 15) is 0 Å². The van der Waals surface area contributed by atoms with Gasteiger partial charge in [0.2, 0.25) is 5.88 Å². The molecule has 5 nitrogen and oxygen atoms in total. The average molecular weight is 406 g/mol. The van der Waals surface area contributed by atoms with E-state index in [1.165, 1.54) is 5.56 Å². The normalized spacial score (nSPS) is 12.0. The molecule has 30 heavy (non-hydrogen) atoms. The predicted octanol–water partition coefficient (Wildman–Crippen LogP) is 5.32. The molecule has 0 fully saturated rings. The minimum Gasteiger partial charge on any atom is -0.439 e. The summed E-state index contributed by atoms with van der Waals surface area (Å²) in [6.45, 7) is 4.99. The highest BCUT2D eigenvalue weighted by molar-refractivity contribution is 5.63. The van der Waals surface area contributed by atoms with Gasteiger partial charge in [-0.15, -0.1) is 0 Å². The van der Waals surface area contributed by atoms with Crippen LogP contribution in [0.2, 0.25) is 0 Å². The highest BCUT2D eigenvalue weighted by Gasteiger charge is 2.10. The number of ether oxygens (including phenoxy) is 2. The molecule has 3 rings (SSSR count). The van der Waals surface area contributed by atoms with Gasteiger partial charge in [0, 0.05) is 50.9 Å². The van der Waals surface area contributed by atoms with E-state index < -0.39 is 0 Å². The van der Waals surface area contributed by atoms with Crippen molar-refractivity contribution in [1.82, 2.24) is 9.88 Å². The first-order chi connectivity index (χ1) is 14.6. The van der Waals surface area contributed by atoms with Gasteiger partial charge in [-0.1, -0.05) is 25.1 Å². The molecule has 158 valence electrons. The lowest BCUT2D eigenvalue weighted by Crippen LogP contribution is -2.27. The third kappa shape index (κ3) is 6.05. The Balaban J connectivity index is 1.60. The molecule has 0 spiro atoms. The Bertz CT molecular complexity index is 883. The van der Waals surface area contributed by atoms with Crippen molar-refractivity contribution < 1.29 is 9.47 Å². The Morgan fingerprint density at radius 3 is 2.17 bits per heavy atom. The van der Waals surface area contributed by atoms with Crippen LogP contribution in [-0.2, 0) is 4.74 Å². The van der Waals surface area contributed by atoms with Crippen LogP contribution in [0.5, 0.6) is 11.6 Å². The second kappa shape index (κ2) is 10.8. The largest absolute Gasteiger partial charge is 0.439 e. The van der Waals surface area contributed by atoms with Crippen LogP contribution >= 0.6 is 0 Å². The molecule has 1 unspecified atom stereocenters. The number of likely N-dealkylation sites (N-methyl/N-ethyl adjacent to an activating group) is 1. The van der Waals surface area contributed by atoms with Crippen LogP contribution in [0.15, 0.2) is 72.9 Å². The van der Waals surface area contributed by atoms with E-state index >= 15 is 0 Å². The Kier molecular flexibility index (Phi) is 7.82. The molecule has 1 atom stereocenters. The Morgan fingerprint density at radius 1 is 0.900 bits per heavy atom. The minimum absolute atomic E-state index is 0.467. The van der Waals surface area contributed by atoms with E-state index in [-0.39, 0.29) is 0 Å². The van der Waals surface area contributed by atoms with Crippen molar-refractivity contribution in [2.45, 2.75) is 12.8 Å². The third-order valence-electron chi connectivity index (χ3n) is 5.20. The summed E-state index contributed by atoms with van der Waals surface area (Å²) in [4.78, 5) is 8.67. The molecule has 5 heteroatoms. The van der Waals surface area contributed by atoms with Gasteiger partial charge in [0.1, 0.15) is 5.75 Å². The molecule has 0 radical (unpaired) electrons. The number of nitrogens with zero attached hydrogens (tertiary/aromatic N) is 3. The molecular weight excluding hydrogens is 374 g/mol. The summed E-state index contributed by atoms with van der Waals surface area (Å²) in [6, 6.07) is 22.5. The Labute approximate surface area is 179 Å². The van der Waals surface area contributed by atoms with Gasteiger partial charge in [-0.25, -0.2) is 4.98 Å². The molecule has 0 saturated heterocycles. The van der Waals surface area contributed by atoms with Gasteiger partial charge >= 0.3 is 0 Å². The van der Waals surface area contributed by atoms with E-state index in [1.54, 1.807) is 13.3 Å². The second-order valence-corrected chi connectivity index (χ2v) is 7.57. The number of benzene rings is 2. The minimum atomic E-state index is 0.467. The first-order valence-corrected chi connectivity index (χ1v) is 10.3. The maximum atomic E-state index is 5.78.